The maximum Gasteiger partial charge on any atom is 0.269 e. The minimum atomic E-state index is -0.467. The van der Waals surface area contributed by atoms with Crippen molar-refractivity contribution in [2.45, 2.75) is 26.4 Å². The second-order valence-electron chi connectivity index (χ2n) is 5.15. The van der Waals surface area contributed by atoms with Crippen LogP contribution in [0.2, 0.25) is 0 Å². The molecule has 8 heteroatoms. The fourth-order valence-corrected chi connectivity index (χ4v) is 1.93. The van der Waals surface area contributed by atoms with E-state index in [0.717, 1.165) is 0 Å². The van der Waals surface area contributed by atoms with Gasteiger partial charge < -0.3 is 9.88 Å². The first kappa shape index (κ1) is 16.3. The van der Waals surface area contributed by atoms with Gasteiger partial charge in [0.2, 0.25) is 5.91 Å². The van der Waals surface area contributed by atoms with Crippen molar-refractivity contribution in [1.29, 1.82) is 0 Å². The van der Waals surface area contributed by atoms with E-state index in [9.17, 15) is 14.9 Å². The highest BCUT2D eigenvalue weighted by Gasteiger charge is 2.08. The molecule has 23 heavy (non-hydrogen) atoms. The molecule has 1 heterocycles. The lowest BCUT2D eigenvalue weighted by Crippen LogP contribution is -2.23. The molecule has 0 saturated heterocycles. The van der Waals surface area contributed by atoms with Crippen LogP contribution in [0, 0.1) is 10.1 Å². The fraction of sp³-hybridized carbons (Fsp3) is 0.267. The summed E-state index contributed by atoms with van der Waals surface area (Å²) in [4.78, 5) is 21.9. The summed E-state index contributed by atoms with van der Waals surface area (Å²) in [6.07, 6.45) is 4.59. The molecule has 0 bridgehead atoms. The fourth-order valence-electron chi connectivity index (χ4n) is 1.93. The van der Waals surface area contributed by atoms with Gasteiger partial charge in [-0.1, -0.05) is 0 Å². The van der Waals surface area contributed by atoms with Gasteiger partial charge in [0.05, 0.1) is 11.5 Å². The van der Waals surface area contributed by atoms with Gasteiger partial charge in [-0.25, -0.2) is 0 Å². The van der Waals surface area contributed by atoms with E-state index in [4.69, 9.17) is 0 Å². The molecular weight excluding hydrogens is 298 g/mol. The van der Waals surface area contributed by atoms with E-state index in [1.165, 1.54) is 18.2 Å². The van der Waals surface area contributed by atoms with Gasteiger partial charge in [0.1, 0.15) is 6.33 Å². The predicted molar refractivity (Wildman–Crippen MR) is 84.4 cm³/mol. The van der Waals surface area contributed by atoms with E-state index in [-0.39, 0.29) is 24.2 Å². The molecule has 2 rings (SSSR count). The second kappa shape index (κ2) is 7.30. The Bertz CT molecular complexity index is 719. The lowest BCUT2D eigenvalue weighted by molar-refractivity contribution is -0.384. The maximum atomic E-state index is 11.8. The molecule has 0 spiro atoms. The molecule has 0 unspecified atom stereocenters. The average molecular weight is 315 g/mol. The maximum absolute atomic E-state index is 11.8. The molecule has 120 valence electrons. The van der Waals surface area contributed by atoms with Crippen LogP contribution in [-0.4, -0.2) is 25.6 Å². The van der Waals surface area contributed by atoms with Crippen molar-refractivity contribution in [1.82, 2.24) is 20.1 Å². The van der Waals surface area contributed by atoms with Gasteiger partial charge in [-0.05, 0) is 37.6 Å². The number of nitro groups is 1. The number of carbonyl (C=O) groups excluding carboxylic acids is 1. The number of non-ortho nitro benzene ring substituents is 1. The van der Waals surface area contributed by atoms with Crippen molar-refractivity contribution < 1.29 is 9.72 Å². The zero-order chi connectivity index (χ0) is 16.8. The van der Waals surface area contributed by atoms with E-state index >= 15 is 0 Å². The van der Waals surface area contributed by atoms with Crippen LogP contribution in [0.3, 0.4) is 0 Å². The van der Waals surface area contributed by atoms with Crippen molar-refractivity contribution in [2.24, 2.45) is 0 Å². The Morgan fingerprint density at radius 2 is 2.09 bits per heavy atom. The Kier molecular flexibility index (Phi) is 5.19. The van der Waals surface area contributed by atoms with E-state index in [1.54, 1.807) is 24.5 Å². The first-order valence-corrected chi connectivity index (χ1v) is 7.06. The molecule has 0 atom stereocenters. The predicted octanol–water partition coefficient (Wildman–Crippen LogP) is 2.10. The van der Waals surface area contributed by atoms with Gasteiger partial charge in [0, 0.05) is 24.3 Å². The number of carbonyl (C=O) groups is 1. The summed E-state index contributed by atoms with van der Waals surface area (Å²) in [6, 6.07) is 6.16. The molecule has 0 saturated carbocycles. The molecule has 0 radical (unpaired) electrons. The summed E-state index contributed by atoms with van der Waals surface area (Å²) in [5.74, 6) is 0.402. The smallest absolute Gasteiger partial charge is 0.269 e. The molecule has 1 aromatic carbocycles. The SMILES string of the molecule is CC(C)n1cnnc1CNC(=O)C=Cc1ccc([N+](=O)[O-])cc1. The highest BCUT2D eigenvalue weighted by atomic mass is 16.6. The third kappa shape index (κ3) is 4.47. The molecule has 2 aromatic rings. The van der Waals surface area contributed by atoms with Crippen molar-refractivity contribution >= 4 is 17.7 Å². The lowest BCUT2D eigenvalue weighted by Gasteiger charge is -2.09. The third-order valence-corrected chi connectivity index (χ3v) is 3.16. The van der Waals surface area contributed by atoms with Crippen LogP contribution in [0.5, 0.6) is 0 Å². The molecule has 1 N–H and O–H groups in total. The van der Waals surface area contributed by atoms with Crippen LogP contribution < -0.4 is 5.32 Å². The van der Waals surface area contributed by atoms with Crippen molar-refractivity contribution in [2.75, 3.05) is 0 Å². The van der Waals surface area contributed by atoms with Crippen LogP contribution in [0.15, 0.2) is 36.7 Å². The van der Waals surface area contributed by atoms with E-state index in [1.807, 2.05) is 18.4 Å². The van der Waals surface area contributed by atoms with E-state index in [2.05, 4.69) is 15.5 Å². The molecule has 1 aromatic heterocycles. The number of rotatable bonds is 6. The summed E-state index contributed by atoms with van der Waals surface area (Å²) < 4.78 is 1.88. The number of nitrogens with zero attached hydrogens (tertiary/aromatic N) is 4. The number of benzene rings is 1. The normalized spacial score (nSPS) is 11.1. The highest BCUT2D eigenvalue weighted by molar-refractivity contribution is 5.91. The van der Waals surface area contributed by atoms with Crippen molar-refractivity contribution in [3.63, 3.8) is 0 Å². The first-order valence-electron chi connectivity index (χ1n) is 7.06. The largest absolute Gasteiger partial charge is 0.345 e. The van der Waals surface area contributed by atoms with Gasteiger partial charge in [-0.2, -0.15) is 0 Å². The molecular formula is C15H17N5O3. The number of nitrogens with one attached hydrogen (secondary N) is 1. The lowest BCUT2D eigenvalue weighted by atomic mass is 10.2. The summed E-state index contributed by atoms with van der Waals surface area (Å²) in [5.41, 5.74) is 0.718. The van der Waals surface area contributed by atoms with Crippen molar-refractivity contribution in [3.8, 4) is 0 Å². The first-order chi connectivity index (χ1) is 11.0. The second-order valence-corrected chi connectivity index (χ2v) is 5.15. The Hall–Kier alpha value is -3.03. The monoisotopic (exact) mass is 315 g/mol. The van der Waals surface area contributed by atoms with Crippen molar-refractivity contribution in [3.05, 3.63) is 58.2 Å². The Balaban J connectivity index is 1.91. The highest BCUT2D eigenvalue weighted by Crippen LogP contribution is 2.12. The topological polar surface area (TPSA) is 103 Å². The molecule has 0 aliphatic carbocycles. The zero-order valence-corrected chi connectivity index (χ0v) is 12.8. The Morgan fingerprint density at radius 3 is 2.70 bits per heavy atom. The van der Waals surface area contributed by atoms with Crippen LogP contribution >= 0.6 is 0 Å². The van der Waals surface area contributed by atoms with E-state index < -0.39 is 4.92 Å². The van der Waals surface area contributed by atoms with E-state index in [0.29, 0.717) is 11.4 Å². The zero-order valence-electron chi connectivity index (χ0n) is 12.8. The van der Waals surface area contributed by atoms with Gasteiger partial charge in [-0.3, -0.25) is 14.9 Å². The number of hydrogen-bond acceptors (Lipinski definition) is 5. The number of hydrogen-bond donors (Lipinski definition) is 1. The van der Waals surface area contributed by atoms with Crippen LogP contribution in [0.4, 0.5) is 5.69 Å². The Labute approximate surface area is 133 Å². The van der Waals surface area contributed by atoms with Crippen LogP contribution in [0.1, 0.15) is 31.3 Å². The molecule has 0 aliphatic heterocycles. The van der Waals surface area contributed by atoms with Gasteiger partial charge >= 0.3 is 0 Å². The summed E-state index contributed by atoms with van der Waals surface area (Å²) >= 11 is 0. The van der Waals surface area contributed by atoms with Gasteiger partial charge in [-0.15, -0.1) is 10.2 Å². The molecule has 1 amide bonds. The summed E-state index contributed by atoms with van der Waals surface area (Å²) in [5, 5.41) is 21.1. The third-order valence-electron chi connectivity index (χ3n) is 3.16. The molecule has 0 aliphatic rings. The number of amides is 1. The average Bonchev–Trinajstić information content (AvgIpc) is 3.00. The Morgan fingerprint density at radius 1 is 1.39 bits per heavy atom. The number of nitro benzene ring substituents is 1. The quantitative estimate of drug-likeness (QED) is 0.499. The minimum absolute atomic E-state index is 0.0135. The molecule has 0 fully saturated rings. The summed E-state index contributed by atoms with van der Waals surface area (Å²) in [6.45, 7) is 4.29. The molecule has 8 nitrogen and oxygen atoms in total. The number of aromatic nitrogens is 3. The van der Waals surface area contributed by atoms with Crippen LogP contribution in [-0.2, 0) is 11.3 Å². The summed E-state index contributed by atoms with van der Waals surface area (Å²) in [7, 11) is 0. The standard InChI is InChI=1S/C15H17N5O3/c1-11(2)19-10-17-18-14(19)9-16-15(21)8-5-12-3-6-13(7-4-12)20(22)23/h3-8,10-11H,9H2,1-2H3,(H,16,21). The van der Waals surface area contributed by atoms with Gasteiger partial charge in [0.25, 0.3) is 5.69 Å². The minimum Gasteiger partial charge on any atom is -0.345 e. The van der Waals surface area contributed by atoms with Crippen LogP contribution in [0.25, 0.3) is 6.08 Å². The van der Waals surface area contributed by atoms with Gasteiger partial charge in [0.15, 0.2) is 5.82 Å².